The van der Waals surface area contributed by atoms with E-state index in [4.69, 9.17) is 26.2 Å². The van der Waals surface area contributed by atoms with Gasteiger partial charge < -0.3 is 14.6 Å². The van der Waals surface area contributed by atoms with Crippen LogP contribution in [-0.2, 0) is 14.3 Å². The van der Waals surface area contributed by atoms with Crippen LogP contribution in [-0.4, -0.2) is 79.5 Å². The van der Waals surface area contributed by atoms with Crippen molar-refractivity contribution < 1.29 is 19.4 Å². The minimum Gasteiger partial charge on any atom is -0.461 e. The molecule has 2 atom stereocenters. The third-order valence-corrected chi connectivity index (χ3v) is 5.58. The quantitative estimate of drug-likeness (QED) is 0.413. The fourth-order valence-corrected chi connectivity index (χ4v) is 3.87. The van der Waals surface area contributed by atoms with Crippen LogP contribution in [0.2, 0.25) is 5.02 Å². The Bertz CT molecular complexity index is 797. The van der Waals surface area contributed by atoms with Gasteiger partial charge in [0.15, 0.2) is 0 Å². The Morgan fingerprint density at radius 1 is 1.03 bits per heavy atom. The topological polar surface area (TPSA) is 62.2 Å². The van der Waals surface area contributed by atoms with Crippen LogP contribution in [0.15, 0.2) is 54.6 Å². The standard InChI is InChI=1S/C24H31ClN2O4.ClH/c1-19(28)17-31-23(29)18-30-16-15-26-11-13-27(14-12-26)24(20-5-3-2-4-6-20)21-7-9-22(25)10-8-21;/h2-10,19,24,28H,11-18H2,1H3;1H. The fraction of sp³-hybridized carbons (Fsp3) is 0.458. The van der Waals surface area contributed by atoms with Crippen LogP contribution in [0.4, 0.5) is 0 Å². The summed E-state index contributed by atoms with van der Waals surface area (Å²) in [5.74, 6) is -0.445. The molecule has 2 aromatic carbocycles. The zero-order valence-corrected chi connectivity index (χ0v) is 19.9. The predicted octanol–water partition coefficient (Wildman–Crippen LogP) is 3.41. The number of carbonyl (C=O) groups excluding carboxylic acids is 1. The lowest BCUT2D eigenvalue weighted by atomic mass is 9.96. The zero-order valence-electron chi connectivity index (χ0n) is 18.4. The molecular formula is C24H32Cl2N2O4. The van der Waals surface area contributed by atoms with Crippen LogP contribution in [0.1, 0.15) is 24.1 Å². The van der Waals surface area contributed by atoms with Crippen molar-refractivity contribution in [2.75, 3.05) is 52.5 Å². The van der Waals surface area contributed by atoms with Crippen LogP contribution < -0.4 is 0 Å². The van der Waals surface area contributed by atoms with Gasteiger partial charge in [-0.05, 0) is 30.2 Å². The molecule has 1 aliphatic rings. The number of hydrogen-bond donors (Lipinski definition) is 1. The molecule has 0 radical (unpaired) electrons. The van der Waals surface area contributed by atoms with Crippen LogP contribution in [0, 0.1) is 0 Å². The molecule has 6 nitrogen and oxygen atoms in total. The number of benzene rings is 2. The fourth-order valence-electron chi connectivity index (χ4n) is 3.74. The number of esters is 1. The summed E-state index contributed by atoms with van der Waals surface area (Å²) in [6, 6.07) is 18.9. The van der Waals surface area contributed by atoms with Gasteiger partial charge in [0.25, 0.3) is 0 Å². The van der Waals surface area contributed by atoms with Gasteiger partial charge in [0.1, 0.15) is 13.2 Å². The summed E-state index contributed by atoms with van der Waals surface area (Å²) in [6.07, 6.45) is -0.659. The molecule has 1 heterocycles. The Hall–Kier alpha value is -1.67. The van der Waals surface area contributed by atoms with E-state index in [0.717, 1.165) is 37.7 Å². The van der Waals surface area contributed by atoms with Crippen molar-refractivity contribution in [1.29, 1.82) is 0 Å². The molecule has 3 rings (SSSR count). The highest BCUT2D eigenvalue weighted by molar-refractivity contribution is 6.30. The maximum absolute atomic E-state index is 11.5. The van der Waals surface area contributed by atoms with E-state index in [-0.39, 0.29) is 31.7 Å². The van der Waals surface area contributed by atoms with Crippen LogP contribution in [0.25, 0.3) is 0 Å². The number of piperazine rings is 1. The van der Waals surface area contributed by atoms with E-state index in [9.17, 15) is 4.79 Å². The molecule has 1 N–H and O–H groups in total. The largest absolute Gasteiger partial charge is 0.461 e. The SMILES string of the molecule is CC(O)COC(=O)COCCN1CCN(C(c2ccccc2)c2ccc(Cl)cc2)CC1.Cl. The monoisotopic (exact) mass is 482 g/mol. The molecule has 1 fully saturated rings. The maximum Gasteiger partial charge on any atom is 0.332 e. The summed E-state index contributed by atoms with van der Waals surface area (Å²) in [6.45, 7) is 6.50. The Labute approximate surface area is 201 Å². The van der Waals surface area contributed by atoms with Gasteiger partial charge in [-0.15, -0.1) is 12.4 Å². The Morgan fingerprint density at radius 2 is 1.66 bits per heavy atom. The predicted molar refractivity (Wildman–Crippen MR) is 128 cm³/mol. The Balaban J connectivity index is 0.00000363. The minimum atomic E-state index is -0.659. The Kier molecular flexibility index (Phi) is 11.4. The van der Waals surface area contributed by atoms with Gasteiger partial charge in [-0.1, -0.05) is 54.1 Å². The van der Waals surface area contributed by atoms with Crippen LogP contribution >= 0.6 is 24.0 Å². The second-order valence-electron chi connectivity index (χ2n) is 7.83. The molecule has 0 spiro atoms. The van der Waals surface area contributed by atoms with E-state index < -0.39 is 12.1 Å². The summed E-state index contributed by atoms with van der Waals surface area (Å²) >= 11 is 6.11. The molecule has 8 heteroatoms. The van der Waals surface area contributed by atoms with Crippen molar-refractivity contribution in [1.82, 2.24) is 9.80 Å². The van der Waals surface area contributed by atoms with Crippen molar-refractivity contribution >= 4 is 30.0 Å². The number of rotatable bonds is 10. The summed E-state index contributed by atoms with van der Waals surface area (Å²) in [7, 11) is 0. The number of hydrogen-bond acceptors (Lipinski definition) is 6. The number of carbonyl (C=O) groups is 1. The average molecular weight is 483 g/mol. The van der Waals surface area contributed by atoms with Gasteiger partial charge in [-0.3, -0.25) is 9.80 Å². The molecule has 0 aliphatic carbocycles. The van der Waals surface area contributed by atoms with E-state index in [1.165, 1.54) is 11.1 Å². The number of ether oxygens (including phenoxy) is 2. The first-order valence-corrected chi connectivity index (χ1v) is 11.1. The molecule has 32 heavy (non-hydrogen) atoms. The maximum atomic E-state index is 11.5. The summed E-state index contributed by atoms with van der Waals surface area (Å²) in [4.78, 5) is 16.4. The van der Waals surface area contributed by atoms with Gasteiger partial charge in [-0.2, -0.15) is 0 Å². The van der Waals surface area contributed by atoms with Gasteiger partial charge in [0.05, 0.1) is 18.8 Å². The lowest BCUT2D eigenvalue weighted by Crippen LogP contribution is -2.48. The van der Waals surface area contributed by atoms with Crippen molar-refractivity contribution in [3.8, 4) is 0 Å². The second kappa shape index (κ2) is 13.8. The Morgan fingerprint density at radius 3 is 2.28 bits per heavy atom. The van der Waals surface area contributed by atoms with Gasteiger partial charge in [-0.25, -0.2) is 4.79 Å². The third-order valence-electron chi connectivity index (χ3n) is 5.33. The molecule has 1 aliphatic heterocycles. The van der Waals surface area contributed by atoms with Crippen molar-refractivity contribution in [2.24, 2.45) is 0 Å². The summed E-state index contributed by atoms with van der Waals surface area (Å²) in [5, 5.41) is 9.87. The van der Waals surface area contributed by atoms with Crippen LogP contribution in [0.3, 0.4) is 0 Å². The summed E-state index contributed by atoms with van der Waals surface area (Å²) < 4.78 is 10.3. The number of aliphatic hydroxyl groups is 1. The van der Waals surface area contributed by atoms with E-state index in [0.29, 0.717) is 6.61 Å². The number of nitrogens with zero attached hydrogens (tertiary/aromatic N) is 2. The smallest absolute Gasteiger partial charge is 0.332 e. The molecule has 0 aromatic heterocycles. The molecule has 0 bridgehead atoms. The third kappa shape index (κ3) is 8.35. The average Bonchev–Trinajstić information content (AvgIpc) is 2.78. The first kappa shape index (κ1) is 26.6. The number of halogens is 2. The van der Waals surface area contributed by atoms with Crippen molar-refractivity contribution in [3.05, 3.63) is 70.7 Å². The minimum absolute atomic E-state index is 0. The highest BCUT2D eigenvalue weighted by Crippen LogP contribution is 2.30. The molecular weight excluding hydrogens is 451 g/mol. The molecule has 1 saturated heterocycles. The van der Waals surface area contributed by atoms with Crippen molar-refractivity contribution in [3.63, 3.8) is 0 Å². The second-order valence-corrected chi connectivity index (χ2v) is 8.26. The first-order valence-electron chi connectivity index (χ1n) is 10.7. The lowest BCUT2D eigenvalue weighted by molar-refractivity contribution is -0.151. The molecule has 2 unspecified atom stereocenters. The molecule has 176 valence electrons. The van der Waals surface area contributed by atoms with E-state index in [1.807, 2.05) is 18.2 Å². The van der Waals surface area contributed by atoms with E-state index in [1.54, 1.807) is 6.92 Å². The lowest BCUT2D eigenvalue weighted by Gasteiger charge is -2.39. The van der Waals surface area contributed by atoms with Gasteiger partial charge in [0, 0.05) is 37.7 Å². The molecule has 0 saturated carbocycles. The van der Waals surface area contributed by atoms with Gasteiger partial charge in [0.2, 0.25) is 0 Å². The zero-order chi connectivity index (χ0) is 22.1. The van der Waals surface area contributed by atoms with E-state index in [2.05, 4.69) is 46.2 Å². The molecule has 0 amide bonds. The normalized spacial score (nSPS) is 16.7. The summed E-state index contributed by atoms with van der Waals surface area (Å²) in [5.41, 5.74) is 2.51. The first-order chi connectivity index (χ1) is 15.0. The van der Waals surface area contributed by atoms with Crippen molar-refractivity contribution in [2.45, 2.75) is 19.1 Å². The van der Waals surface area contributed by atoms with Crippen LogP contribution in [0.5, 0.6) is 0 Å². The highest BCUT2D eigenvalue weighted by atomic mass is 35.5. The highest BCUT2D eigenvalue weighted by Gasteiger charge is 2.26. The van der Waals surface area contributed by atoms with Gasteiger partial charge >= 0.3 is 5.97 Å². The molecule has 2 aromatic rings. The van der Waals surface area contributed by atoms with E-state index >= 15 is 0 Å². The number of aliphatic hydroxyl groups excluding tert-OH is 1.